The molecule has 5 heteroatoms. The second-order valence-corrected chi connectivity index (χ2v) is 14.8. The number of para-hydroxylation sites is 4. The van der Waals surface area contributed by atoms with E-state index in [1.807, 2.05) is 24.3 Å². The van der Waals surface area contributed by atoms with Crippen molar-refractivity contribution in [2.45, 2.75) is 0 Å². The summed E-state index contributed by atoms with van der Waals surface area (Å²) in [5.41, 5.74) is 0. The van der Waals surface area contributed by atoms with Crippen LogP contribution < -0.4 is 21.2 Å². The Morgan fingerprint density at radius 3 is 0.434 bits per heavy atom. The maximum Gasteiger partial charge on any atom is 0.144 e. The van der Waals surface area contributed by atoms with Gasteiger partial charge in [0.2, 0.25) is 0 Å². The van der Waals surface area contributed by atoms with E-state index in [4.69, 9.17) is 20.4 Å². The predicted molar refractivity (Wildman–Crippen MR) is 224 cm³/mol. The molecular formula is C48H44O4P+. The largest absolute Gasteiger partial charge is 0.508 e. The fraction of sp³-hybridized carbons (Fsp3) is 0. The standard InChI is InChI=1S/C24H20P.4C6H6O/c1-5-13-21(14-6-1)25(22-15-7-2-8-16-22,23-17-9-3-10-18-23)24-19-11-4-12-20-24;4*7-6-4-2-1-3-5-6/h1-20H;4*1-5,7H/q+1;;;;. The summed E-state index contributed by atoms with van der Waals surface area (Å²) in [6, 6.07) is 78.7. The minimum atomic E-state index is -1.91. The molecule has 0 heterocycles. The van der Waals surface area contributed by atoms with Crippen molar-refractivity contribution in [3.63, 3.8) is 0 Å². The van der Waals surface area contributed by atoms with Gasteiger partial charge in [-0.15, -0.1) is 0 Å². The molecule has 0 aliphatic carbocycles. The second-order valence-electron chi connectivity index (χ2n) is 11.4. The molecule has 0 bridgehead atoms. The lowest BCUT2D eigenvalue weighted by molar-refractivity contribution is 0.475. The lowest BCUT2D eigenvalue weighted by Gasteiger charge is -2.27. The zero-order valence-electron chi connectivity index (χ0n) is 29.3. The van der Waals surface area contributed by atoms with Crippen molar-refractivity contribution in [3.8, 4) is 23.0 Å². The first-order valence-electron chi connectivity index (χ1n) is 17.1. The Kier molecular flexibility index (Phi) is 16.5. The van der Waals surface area contributed by atoms with Crippen LogP contribution in [0.25, 0.3) is 0 Å². The Hall–Kier alpha value is -6.61. The van der Waals surface area contributed by atoms with Crippen LogP contribution in [0.2, 0.25) is 0 Å². The van der Waals surface area contributed by atoms with Gasteiger partial charge in [-0.05, 0) is 97.1 Å². The maximum atomic E-state index is 8.63. The molecular weight excluding hydrogens is 671 g/mol. The van der Waals surface area contributed by atoms with E-state index in [1.54, 1.807) is 97.1 Å². The molecule has 8 aromatic carbocycles. The summed E-state index contributed by atoms with van der Waals surface area (Å²) in [7, 11) is -1.91. The summed E-state index contributed by atoms with van der Waals surface area (Å²) in [6.07, 6.45) is 0. The second kappa shape index (κ2) is 22.3. The minimum absolute atomic E-state index is 0.322. The Morgan fingerprint density at radius 1 is 0.189 bits per heavy atom. The molecule has 0 aromatic heterocycles. The number of hydrogen-bond acceptors (Lipinski definition) is 4. The van der Waals surface area contributed by atoms with E-state index in [0.717, 1.165) is 0 Å². The molecule has 0 amide bonds. The first kappa shape index (κ1) is 39.2. The molecule has 0 aliphatic rings. The van der Waals surface area contributed by atoms with Crippen molar-refractivity contribution in [1.82, 2.24) is 0 Å². The molecule has 0 unspecified atom stereocenters. The predicted octanol–water partition coefficient (Wildman–Crippen LogP) is 9.87. The van der Waals surface area contributed by atoms with Gasteiger partial charge in [-0.1, -0.05) is 146 Å². The van der Waals surface area contributed by atoms with Gasteiger partial charge in [-0.25, -0.2) is 0 Å². The van der Waals surface area contributed by atoms with E-state index in [1.165, 1.54) is 21.2 Å². The van der Waals surface area contributed by atoms with Crippen LogP contribution in [0.1, 0.15) is 0 Å². The maximum absolute atomic E-state index is 8.63. The quantitative estimate of drug-likeness (QED) is 0.137. The van der Waals surface area contributed by atoms with E-state index in [9.17, 15) is 0 Å². The zero-order valence-corrected chi connectivity index (χ0v) is 30.2. The molecule has 0 saturated heterocycles. The molecule has 4 N–H and O–H groups in total. The van der Waals surface area contributed by atoms with Crippen molar-refractivity contribution in [2.24, 2.45) is 0 Å². The highest BCUT2D eigenvalue weighted by molar-refractivity contribution is 8.01. The van der Waals surface area contributed by atoms with Gasteiger partial charge in [0.05, 0.1) is 0 Å². The van der Waals surface area contributed by atoms with Crippen LogP contribution in [0.5, 0.6) is 23.0 Å². The number of rotatable bonds is 4. The fourth-order valence-corrected chi connectivity index (χ4v) is 9.48. The third-order valence-electron chi connectivity index (χ3n) is 7.60. The van der Waals surface area contributed by atoms with Crippen LogP contribution in [-0.4, -0.2) is 20.4 Å². The lowest BCUT2D eigenvalue weighted by atomic mass is 10.3. The van der Waals surface area contributed by atoms with Crippen molar-refractivity contribution >= 4 is 28.5 Å². The van der Waals surface area contributed by atoms with Crippen molar-refractivity contribution in [3.05, 3.63) is 243 Å². The Bertz CT molecular complexity index is 1760. The highest BCUT2D eigenvalue weighted by Crippen LogP contribution is 2.54. The Balaban J connectivity index is 0.000000180. The van der Waals surface area contributed by atoms with Crippen LogP contribution in [0.15, 0.2) is 243 Å². The van der Waals surface area contributed by atoms with E-state index in [0.29, 0.717) is 23.0 Å². The van der Waals surface area contributed by atoms with Gasteiger partial charge in [0.15, 0.2) is 0 Å². The van der Waals surface area contributed by atoms with Crippen LogP contribution in [-0.2, 0) is 0 Å². The Morgan fingerprint density at radius 2 is 0.321 bits per heavy atom. The average molecular weight is 716 g/mol. The van der Waals surface area contributed by atoms with E-state index < -0.39 is 7.26 Å². The van der Waals surface area contributed by atoms with Crippen molar-refractivity contribution in [2.75, 3.05) is 0 Å². The van der Waals surface area contributed by atoms with E-state index >= 15 is 0 Å². The van der Waals surface area contributed by atoms with Gasteiger partial charge in [0.25, 0.3) is 0 Å². The molecule has 0 radical (unpaired) electrons. The lowest BCUT2D eigenvalue weighted by Crippen LogP contribution is -2.38. The number of phenolic OH excluding ortho intramolecular Hbond substituents is 4. The number of phenols is 4. The third-order valence-corrected chi connectivity index (χ3v) is 11.9. The van der Waals surface area contributed by atoms with Gasteiger partial charge in [0, 0.05) is 0 Å². The zero-order chi connectivity index (χ0) is 37.4. The molecule has 0 aliphatic heterocycles. The molecule has 0 fully saturated rings. The van der Waals surface area contributed by atoms with Gasteiger partial charge in [-0.3, -0.25) is 0 Å². The van der Waals surface area contributed by atoms with Gasteiger partial charge in [0.1, 0.15) is 51.5 Å². The normalized spacial score (nSPS) is 9.81. The summed E-state index contributed by atoms with van der Waals surface area (Å²) >= 11 is 0. The molecule has 8 aromatic rings. The van der Waals surface area contributed by atoms with Crippen LogP contribution in [0.4, 0.5) is 0 Å². The first-order valence-corrected chi connectivity index (χ1v) is 18.9. The summed E-state index contributed by atoms with van der Waals surface area (Å²) in [5.74, 6) is 1.29. The monoisotopic (exact) mass is 715 g/mol. The van der Waals surface area contributed by atoms with Crippen LogP contribution in [0, 0.1) is 0 Å². The van der Waals surface area contributed by atoms with Crippen LogP contribution >= 0.6 is 7.26 Å². The molecule has 0 atom stereocenters. The molecule has 0 spiro atoms. The smallest absolute Gasteiger partial charge is 0.144 e. The van der Waals surface area contributed by atoms with E-state index in [-0.39, 0.29) is 0 Å². The minimum Gasteiger partial charge on any atom is -0.508 e. The van der Waals surface area contributed by atoms with Crippen LogP contribution in [0.3, 0.4) is 0 Å². The molecule has 0 saturated carbocycles. The third kappa shape index (κ3) is 12.9. The summed E-state index contributed by atoms with van der Waals surface area (Å²) in [5, 5.41) is 40.1. The fourth-order valence-electron chi connectivity index (χ4n) is 5.21. The summed E-state index contributed by atoms with van der Waals surface area (Å²) in [6.45, 7) is 0. The first-order chi connectivity index (χ1) is 26.0. The highest BCUT2D eigenvalue weighted by atomic mass is 31.2. The van der Waals surface area contributed by atoms with Crippen molar-refractivity contribution < 1.29 is 20.4 Å². The Labute approximate surface area is 313 Å². The summed E-state index contributed by atoms with van der Waals surface area (Å²) in [4.78, 5) is 0. The van der Waals surface area contributed by atoms with Gasteiger partial charge < -0.3 is 20.4 Å². The number of hydrogen-bond donors (Lipinski definition) is 4. The number of aromatic hydroxyl groups is 4. The SMILES string of the molecule is Oc1ccccc1.Oc1ccccc1.Oc1ccccc1.Oc1ccccc1.c1ccc([P+](c2ccccc2)(c2ccccc2)c2ccccc2)cc1. The van der Waals surface area contributed by atoms with Gasteiger partial charge in [-0.2, -0.15) is 0 Å². The molecule has 4 nitrogen and oxygen atoms in total. The van der Waals surface area contributed by atoms with E-state index in [2.05, 4.69) is 121 Å². The van der Waals surface area contributed by atoms with Gasteiger partial charge >= 0.3 is 0 Å². The molecule has 53 heavy (non-hydrogen) atoms. The molecule has 264 valence electrons. The molecule has 8 rings (SSSR count). The highest BCUT2D eigenvalue weighted by Gasteiger charge is 2.47. The topological polar surface area (TPSA) is 80.9 Å². The van der Waals surface area contributed by atoms with Crippen molar-refractivity contribution in [1.29, 1.82) is 0 Å². The number of benzene rings is 8. The average Bonchev–Trinajstić information content (AvgIpc) is 3.22. The summed E-state index contributed by atoms with van der Waals surface area (Å²) < 4.78 is 0.